The summed E-state index contributed by atoms with van der Waals surface area (Å²) in [7, 11) is 0. The van der Waals surface area contributed by atoms with Crippen LogP contribution in [-0.2, 0) is 17.5 Å². The molecule has 2 aromatic carbocycles. The number of amides is 3. The second-order valence-electron chi connectivity index (χ2n) is 7.71. The van der Waals surface area contributed by atoms with Gasteiger partial charge >= 0.3 is 12.2 Å². The lowest BCUT2D eigenvalue weighted by Gasteiger charge is -2.31. The summed E-state index contributed by atoms with van der Waals surface area (Å²) in [6, 6.07) is 8.00. The zero-order chi connectivity index (χ0) is 22.7. The molecule has 32 heavy (non-hydrogen) atoms. The van der Waals surface area contributed by atoms with Crippen LogP contribution in [0, 0.1) is 0 Å². The van der Waals surface area contributed by atoms with Gasteiger partial charge in [0.2, 0.25) is 0 Å². The minimum Gasteiger partial charge on any atom is -0.481 e. The average molecular weight is 448 g/mol. The molecule has 1 fully saturated rings. The van der Waals surface area contributed by atoms with Crippen LogP contribution < -0.4 is 25.6 Å². The van der Waals surface area contributed by atoms with E-state index in [4.69, 9.17) is 4.74 Å². The standard InChI is InChI=1S/C22H23F3N4O3/c23-22(24,25)15-8-7-14(17(11-15)29-9-2-1-3-10-29)12-26-21(31)27-16-5-4-6-18-20(16)28-19(30)13-32-18/h4-8,11H,1-3,9-10,12-13H2,(H,28,30)(H2,26,27,31). The van der Waals surface area contributed by atoms with Crippen molar-refractivity contribution in [2.45, 2.75) is 32.0 Å². The number of benzene rings is 2. The summed E-state index contributed by atoms with van der Waals surface area (Å²) < 4.78 is 45.1. The highest BCUT2D eigenvalue weighted by Gasteiger charge is 2.32. The molecule has 3 amide bonds. The van der Waals surface area contributed by atoms with Gasteiger partial charge in [-0.2, -0.15) is 13.2 Å². The number of hydrogen-bond donors (Lipinski definition) is 3. The molecule has 170 valence electrons. The molecule has 2 aliphatic rings. The summed E-state index contributed by atoms with van der Waals surface area (Å²) in [6.07, 6.45) is -1.56. The fourth-order valence-electron chi connectivity index (χ4n) is 3.86. The Kier molecular flexibility index (Phi) is 6.11. The Morgan fingerprint density at radius 3 is 2.66 bits per heavy atom. The van der Waals surface area contributed by atoms with E-state index in [0.717, 1.165) is 31.4 Å². The van der Waals surface area contributed by atoms with Gasteiger partial charge < -0.3 is 25.6 Å². The minimum absolute atomic E-state index is 0.0493. The van der Waals surface area contributed by atoms with E-state index in [1.54, 1.807) is 18.2 Å². The van der Waals surface area contributed by atoms with E-state index >= 15 is 0 Å². The number of hydrogen-bond acceptors (Lipinski definition) is 4. The van der Waals surface area contributed by atoms with Gasteiger partial charge in [0.25, 0.3) is 5.91 Å². The van der Waals surface area contributed by atoms with Gasteiger partial charge in [0, 0.05) is 25.3 Å². The Bertz CT molecular complexity index is 1020. The lowest BCUT2D eigenvalue weighted by atomic mass is 10.0. The smallest absolute Gasteiger partial charge is 0.416 e. The first-order valence-corrected chi connectivity index (χ1v) is 10.4. The van der Waals surface area contributed by atoms with Crippen molar-refractivity contribution in [1.29, 1.82) is 0 Å². The molecule has 0 spiro atoms. The number of anilines is 3. The highest BCUT2D eigenvalue weighted by Crippen LogP contribution is 2.36. The molecule has 7 nitrogen and oxygen atoms in total. The summed E-state index contributed by atoms with van der Waals surface area (Å²) in [5.41, 5.74) is 1.09. The number of rotatable bonds is 4. The molecule has 0 atom stereocenters. The summed E-state index contributed by atoms with van der Waals surface area (Å²) in [4.78, 5) is 26.0. The zero-order valence-electron chi connectivity index (χ0n) is 17.2. The molecule has 0 radical (unpaired) electrons. The number of nitrogens with one attached hydrogen (secondary N) is 3. The van der Waals surface area contributed by atoms with E-state index in [1.165, 1.54) is 6.07 Å². The van der Waals surface area contributed by atoms with E-state index < -0.39 is 17.8 Å². The Morgan fingerprint density at radius 2 is 1.91 bits per heavy atom. The van der Waals surface area contributed by atoms with Crippen molar-refractivity contribution in [3.05, 3.63) is 47.5 Å². The zero-order valence-corrected chi connectivity index (χ0v) is 17.2. The predicted octanol–water partition coefficient (Wildman–Crippen LogP) is 4.35. The van der Waals surface area contributed by atoms with Gasteiger partial charge in [0.1, 0.15) is 11.4 Å². The molecule has 3 N–H and O–H groups in total. The van der Waals surface area contributed by atoms with Crippen LogP contribution in [0.15, 0.2) is 36.4 Å². The predicted molar refractivity (Wildman–Crippen MR) is 114 cm³/mol. The highest BCUT2D eigenvalue weighted by molar-refractivity contribution is 6.02. The molecule has 2 aromatic rings. The molecule has 2 aliphatic heterocycles. The Morgan fingerprint density at radius 1 is 1.12 bits per heavy atom. The molecule has 0 aromatic heterocycles. The van der Waals surface area contributed by atoms with Gasteiger partial charge in [-0.15, -0.1) is 0 Å². The quantitative estimate of drug-likeness (QED) is 0.650. The number of alkyl halides is 3. The number of carbonyl (C=O) groups is 2. The third kappa shape index (κ3) is 4.90. The lowest BCUT2D eigenvalue weighted by Crippen LogP contribution is -2.33. The highest BCUT2D eigenvalue weighted by atomic mass is 19.4. The maximum Gasteiger partial charge on any atom is 0.416 e. The van der Waals surface area contributed by atoms with E-state index in [0.29, 0.717) is 41.5 Å². The summed E-state index contributed by atoms with van der Waals surface area (Å²) in [5.74, 6) is 0.112. The van der Waals surface area contributed by atoms with Gasteiger partial charge in [-0.1, -0.05) is 12.1 Å². The number of ether oxygens (including phenoxy) is 1. The number of halogens is 3. The Labute approximate surface area is 182 Å². The molecule has 2 heterocycles. The van der Waals surface area contributed by atoms with Gasteiger partial charge in [-0.3, -0.25) is 4.79 Å². The monoisotopic (exact) mass is 448 g/mol. The second kappa shape index (κ2) is 8.97. The molecule has 4 rings (SSSR count). The fourth-order valence-corrected chi connectivity index (χ4v) is 3.86. The van der Waals surface area contributed by atoms with Crippen LogP contribution in [0.3, 0.4) is 0 Å². The summed E-state index contributed by atoms with van der Waals surface area (Å²) in [6.45, 7) is 1.30. The van der Waals surface area contributed by atoms with Crippen molar-refractivity contribution >= 4 is 29.0 Å². The molecule has 0 aliphatic carbocycles. The van der Waals surface area contributed by atoms with Gasteiger partial charge in [0.05, 0.1) is 11.3 Å². The van der Waals surface area contributed by atoms with Crippen molar-refractivity contribution in [3.63, 3.8) is 0 Å². The third-order valence-electron chi connectivity index (χ3n) is 5.45. The van der Waals surface area contributed by atoms with E-state index in [9.17, 15) is 22.8 Å². The van der Waals surface area contributed by atoms with Crippen LogP contribution in [0.25, 0.3) is 0 Å². The largest absolute Gasteiger partial charge is 0.481 e. The summed E-state index contributed by atoms with van der Waals surface area (Å²) >= 11 is 0. The van der Waals surface area contributed by atoms with Crippen LogP contribution >= 0.6 is 0 Å². The maximum absolute atomic E-state index is 13.3. The maximum atomic E-state index is 13.3. The fraction of sp³-hybridized carbons (Fsp3) is 0.364. The number of carbonyl (C=O) groups excluding carboxylic acids is 2. The average Bonchev–Trinajstić information content (AvgIpc) is 2.78. The van der Waals surface area contributed by atoms with Crippen LogP contribution in [0.5, 0.6) is 5.75 Å². The molecular weight excluding hydrogens is 425 g/mol. The van der Waals surface area contributed by atoms with Crippen LogP contribution in [0.4, 0.5) is 35.0 Å². The van der Waals surface area contributed by atoms with E-state index in [2.05, 4.69) is 16.0 Å². The Hall–Kier alpha value is -3.43. The SMILES string of the molecule is O=C1COc2cccc(NC(=O)NCc3ccc(C(F)(F)F)cc3N3CCCCC3)c2N1. The van der Waals surface area contributed by atoms with Crippen LogP contribution in [0.2, 0.25) is 0 Å². The van der Waals surface area contributed by atoms with Crippen LogP contribution in [-0.4, -0.2) is 31.6 Å². The number of para-hydroxylation sites is 1. The van der Waals surface area contributed by atoms with Crippen molar-refractivity contribution in [1.82, 2.24) is 5.32 Å². The lowest BCUT2D eigenvalue weighted by molar-refractivity contribution is -0.137. The van der Waals surface area contributed by atoms with E-state index in [-0.39, 0.29) is 19.1 Å². The molecule has 10 heteroatoms. The van der Waals surface area contributed by atoms with Crippen molar-refractivity contribution in [2.75, 3.05) is 35.2 Å². The second-order valence-corrected chi connectivity index (χ2v) is 7.71. The number of urea groups is 1. The molecular formula is C22H23F3N4O3. The minimum atomic E-state index is -4.44. The van der Waals surface area contributed by atoms with Gasteiger partial charge in [0.15, 0.2) is 6.61 Å². The molecule has 0 saturated carbocycles. The number of nitrogens with zero attached hydrogens (tertiary/aromatic N) is 1. The van der Waals surface area contributed by atoms with Crippen molar-refractivity contribution < 1.29 is 27.5 Å². The first-order chi connectivity index (χ1) is 15.3. The topological polar surface area (TPSA) is 82.7 Å². The Balaban J connectivity index is 1.49. The third-order valence-corrected chi connectivity index (χ3v) is 5.45. The van der Waals surface area contributed by atoms with Crippen molar-refractivity contribution in [2.24, 2.45) is 0 Å². The number of fused-ring (bicyclic) bond motifs is 1. The summed E-state index contributed by atoms with van der Waals surface area (Å²) in [5, 5.41) is 8.01. The molecule has 0 unspecified atom stereocenters. The van der Waals surface area contributed by atoms with E-state index in [1.807, 2.05) is 4.90 Å². The molecule has 1 saturated heterocycles. The number of piperidine rings is 1. The first kappa shape index (κ1) is 21.8. The van der Waals surface area contributed by atoms with Crippen molar-refractivity contribution in [3.8, 4) is 5.75 Å². The normalized spacial score (nSPS) is 16.0. The van der Waals surface area contributed by atoms with Gasteiger partial charge in [-0.05, 0) is 49.1 Å². The molecule has 0 bridgehead atoms. The van der Waals surface area contributed by atoms with Crippen LogP contribution in [0.1, 0.15) is 30.4 Å². The van der Waals surface area contributed by atoms with Gasteiger partial charge in [-0.25, -0.2) is 4.79 Å². The first-order valence-electron chi connectivity index (χ1n) is 10.4.